The van der Waals surface area contributed by atoms with Gasteiger partial charge in [-0.25, -0.2) is 9.78 Å². The molecule has 1 aliphatic carbocycles. The number of carbonyl (C=O) groups is 1. The van der Waals surface area contributed by atoms with Crippen molar-refractivity contribution >= 4 is 5.97 Å². The van der Waals surface area contributed by atoms with Crippen molar-refractivity contribution in [3.8, 4) is 0 Å². The van der Waals surface area contributed by atoms with Gasteiger partial charge in [0.1, 0.15) is 5.82 Å². The molecule has 112 valence electrons. The lowest BCUT2D eigenvalue weighted by Gasteiger charge is -2.27. The first-order valence-corrected chi connectivity index (χ1v) is 7.84. The number of nitrogens with zero attached hydrogens (tertiary/aromatic N) is 2. The highest BCUT2D eigenvalue weighted by atomic mass is 16.5. The van der Waals surface area contributed by atoms with Gasteiger partial charge >= 0.3 is 5.97 Å². The van der Waals surface area contributed by atoms with Crippen LogP contribution in [0.4, 0.5) is 0 Å². The van der Waals surface area contributed by atoms with Gasteiger partial charge in [-0.15, -0.1) is 5.10 Å². The zero-order valence-electron chi connectivity index (χ0n) is 12.5. The average molecular weight is 279 g/mol. The number of H-pyrrole nitrogens is 1. The fraction of sp³-hybridized carbons (Fsp3) is 0.800. The molecule has 0 amide bonds. The molecule has 1 N–H and O–H groups in total. The molecule has 1 fully saturated rings. The van der Waals surface area contributed by atoms with Crippen molar-refractivity contribution in [1.82, 2.24) is 15.2 Å². The Kier molecular flexibility index (Phi) is 5.56. The van der Waals surface area contributed by atoms with Crippen LogP contribution in [0.2, 0.25) is 0 Å². The van der Waals surface area contributed by atoms with E-state index in [1.54, 1.807) is 6.92 Å². The Labute approximate surface area is 120 Å². The molecule has 0 saturated heterocycles. The van der Waals surface area contributed by atoms with Crippen LogP contribution in [0.3, 0.4) is 0 Å². The number of aromatic amines is 1. The van der Waals surface area contributed by atoms with Gasteiger partial charge in [0.05, 0.1) is 6.61 Å². The Morgan fingerprint density at radius 1 is 1.30 bits per heavy atom. The van der Waals surface area contributed by atoms with Crippen LogP contribution in [-0.4, -0.2) is 27.8 Å². The van der Waals surface area contributed by atoms with Crippen LogP contribution in [0.25, 0.3) is 0 Å². The quantitative estimate of drug-likeness (QED) is 0.810. The lowest BCUT2D eigenvalue weighted by molar-refractivity contribution is 0.0512. The number of unbranched alkanes of at least 4 members (excludes halogenated alkanes) is 1. The second kappa shape index (κ2) is 7.41. The summed E-state index contributed by atoms with van der Waals surface area (Å²) in [5, 5.41) is 6.88. The van der Waals surface area contributed by atoms with Crippen molar-refractivity contribution in [2.75, 3.05) is 6.61 Å². The summed E-state index contributed by atoms with van der Waals surface area (Å²) in [6, 6.07) is 0. The van der Waals surface area contributed by atoms with E-state index in [1.807, 2.05) is 0 Å². The van der Waals surface area contributed by atoms with Gasteiger partial charge in [-0.3, -0.25) is 5.10 Å². The molecule has 0 aliphatic heterocycles. The van der Waals surface area contributed by atoms with E-state index in [2.05, 4.69) is 22.1 Å². The molecule has 5 heteroatoms. The van der Waals surface area contributed by atoms with Crippen molar-refractivity contribution in [3.05, 3.63) is 11.6 Å². The molecular formula is C15H25N3O2. The Morgan fingerprint density at radius 2 is 2.05 bits per heavy atom. The summed E-state index contributed by atoms with van der Waals surface area (Å²) in [7, 11) is 0. The molecule has 2 rings (SSSR count). The first-order valence-electron chi connectivity index (χ1n) is 7.84. The number of rotatable bonds is 6. The van der Waals surface area contributed by atoms with Gasteiger partial charge in [-0.2, -0.15) is 0 Å². The third kappa shape index (κ3) is 3.81. The molecular weight excluding hydrogens is 254 g/mol. The third-order valence-corrected chi connectivity index (χ3v) is 4.16. The molecule has 1 aromatic rings. The molecule has 0 spiro atoms. The first kappa shape index (κ1) is 15.0. The zero-order chi connectivity index (χ0) is 14.4. The number of nitrogens with one attached hydrogen (secondary N) is 1. The minimum atomic E-state index is -0.438. The number of hydrogen-bond donors (Lipinski definition) is 1. The molecule has 1 aromatic heterocycles. The predicted molar refractivity (Wildman–Crippen MR) is 76.6 cm³/mol. The molecule has 0 unspecified atom stereocenters. The normalized spacial score (nSPS) is 22.7. The number of aromatic nitrogens is 3. The van der Waals surface area contributed by atoms with Gasteiger partial charge in [0.2, 0.25) is 0 Å². The van der Waals surface area contributed by atoms with Crippen molar-refractivity contribution in [2.45, 2.75) is 64.7 Å². The van der Waals surface area contributed by atoms with Crippen LogP contribution in [0.15, 0.2) is 0 Å². The maximum Gasteiger partial charge on any atom is 0.378 e. The number of ether oxygens (including phenoxy) is 1. The SMILES string of the molecule is CCCCC1CCC(c2nc(C(=O)OCC)n[nH]2)CC1. The van der Waals surface area contributed by atoms with Crippen molar-refractivity contribution in [2.24, 2.45) is 5.92 Å². The molecule has 0 aromatic carbocycles. The number of esters is 1. The number of hydrogen-bond acceptors (Lipinski definition) is 4. The third-order valence-electron chi connectivity index (χ3n) is 4.16. The van der Waals surface area contributed by atoms with E-state index < -0.39 is 5.97 Å². The monoisotopic (exact) mass is 279 g/mol. The molecule has 1 aliphatic rings. The highest BCUT2D eigenvalue weighted by molar-refractivity contribution is 5.84. The Hall–Kier alpha value is -1.39. The van der Waals surface area contributed by atoms with Crippen molar-refractivity contribution in [3.63, 3.8) is 0 Å². The maximum absolute atomic E-state index is 11.5. The van der Waals surface area contributed by atoms with E-state index in [0.717, 1.165) is 24.6 Å². The van der Waals surface area contributed by atoms with Crippen LogP contribution in [0, 0.1) is 5.92 Å². The van der Waals surface area contributed by atoms with E-state index in [4.69, 9.17) is 4.74 Å². The lowest BCUT2D eigenvalue weighted by atomic mass is 9.79. The second-order valence-electron chi connectivity index (χ2n) is 5.62. The summed E-state index contributed by atoms with van der Waals surface area (Å²) < 4.78 is 4.91. The van der Waals surface area contributed by atoms with Crippen LogP contribution < -0.4 is 0 Å². The van der Waals surface area contributed by atoms with Gasteiger partial charge in [-0.05, 0) is 38.5 Å². The fourth-order valence-corrected chi connectivity index (χ4v) is 2.96. The summed E-state index contributed by atoms with van der Waals surface area (Å²) in [6.45, 7) is 4.38. The Bertz CT molecular complexity index is 423. The highest BCUT2D eigenvalue weighted by Crippen LogP contribution is 2.36. The molecule has 0 radical (unpaired) electrons. The van der Waals surface area contributed by atoms with Gasteiger partial charge < -0.3 is 4.74 Å². The topological polar surface area (TPSA) is 67.9 Å². The van der Waals surface area contributed by atoms with Crippen molar-refractivity contribution < 1.29 is 9.53 Å². The van der Waals surface area contributed by atoms with E-state index in [9.17, 15) is 4.79 Å². The first-order chi connectivity index (χ1) is 9.74. The van der Waals surface area contributed by atoms with Gasteiger partial charge in [0, 0.05) is 5.92 Å². The summed E-state index contributed by atoms with van der Waals surface area (Å²) in [5.74, 6) is 1.87. The summed E-state index contributed by atoms with van der Waals surface area (Å²) >= 11 is 0. The predicted octanol–water partition coefficient (Wildman–Crippen LogP) is 3.45. The van der Waals surface area contributed by atoms with Crippen LogP contribution in [-0.2, 0) is 4.74 Å². The summed E-state index contributed by atoms with van der Waals surface area (Å²) in [6.07, 6.45) is 8.79. The van der Waals surface area contributed by atoms with Crippen LogP contribution >= 0.6 is 0 Å². The van der Waals surface area contributed by atoms with E-state index in [1.165, 1.54) is 32.1 Å². The zero-order valence-corrected chi connectivity index (χ0v) is 12.5. The summed E-state index contributed by atoms with van der Waals surface area (Å²) in [5.41, 5.74) is 0. The summed E-state index contributed by atoms with van der Waals surface area (Å²) in [4.78, 5) is 15.8. The standard InChI is InChI=1S/C15H25N3O2/c1-3-5-6-11-7-9-12(10-8-11)13-16-14(18-17-13)15(19)20-4-2/h11-12H,3-10H2,1-2H3,(H,16,17,18). The minimum absolute atomic E-state index is 0.162. The van der Waals surface area contributed by atoms with Crippen molar-refractivity contribution in [1.29, 1.82) is 0 Å². The maximum atomic E-state index is 11.5. The smallest absolute Gasteiger partial charge is 0.378 e. The van der Waals surface area contributed by atoms with Crippen LogP contribution in [0.1, 0.15) is 81.2 Å². The molecule has 5 nitrogen and oxygen atoms in total. The lowest BCUT2D eigenvalue weighted by Crippen LogP contribution is -2.14. The van der Waals surface area contributed by atoms with Gasteiger partial charge in [0.15, 0.2) is 0 Å². The molecule has 0 atom stereocenters. The molecule has 0 bridgehead atoms. The van der Waals surface area contributed by atoms with Crippen LogP contribution in [0.5, 0.6) is 0 Å². The Balaban J connectivity index is 1.86. The van der Waals surface area contributed by atoms with Gasteiger partial charge in [0.25, 0.3) is 5.82 Å². The number of carbonyl (C=O) groups excluding carboxylic acids is 1. The second-order valence-corrected chi connectivity index (χ2v) is 5.62. The molecule has 20 heavy (non-hydrogen) atoms. The van der Waals surface area contributed by atoms with E-state index >= 15 is 0 Å². The Morgan fingerprint density at radius 3 is 2.70 bits per heavy atom. The molecule has 1 heterocycles. The largest absolute Gasteiger partial charge is 0.460 e. The average Bonchev–Trinajstić information content (AvgIpc) is 2.96. The van der Waals surface area contributed by atoms with Gasteiger partial charge in [-0.1, -0.05) is 26.2 Å². The highest BCUT2D eigenvalue weighted by Gasteiger charge is 2.25. The fourth-order valence-electron chi connectivity index (χ4n) is 2.96. The van der Waals surface area contributed by atoms with E-state index in [0.29, 0.717) is 12.5 Å². The molecule has 1 saturated carbocycles. The van der Waals surface area contributed by atoms with E-state index in [-0.39, 0.29) is 5.82 Å². The minimum Gasteiger partial charge on any atom is -0.460 e.